The van der Waals surface area contributed by atoms with Crippen molar-refractivity contribution in [3.63, 3.8) is 0 Å². The summed E-state index contributed by atoms with van der Waals surface area (Å²) in [5.74, 6) is -0.00488. The van der Waals surface area contributed by atoms with Gasteiger partial charge in [-0.2, -0.15) is 5.10 Å². The Hall–Kier alpha value is -1.36. The Labute approximate surface area is 102 Å². The minimum atomic E-state index is -0.287. The van der Waals surface area contributed by atoms with Crippen molar-refractivity contribution in [2.24, 2.45) is 12.8 Å². The highest BCUT2D eigenvalue weighted by molar-refractivity contribution is 5.78. The van der Waals surface area contributed by atoms with E-state index in [1.54, 1.807) is 10.9 Å². The molecule has 0 unspecified atom stereocenters. The molecule has 0 bridgehead atoms. The molecule has 0 saturated carbocycles. The lowest BCUT2D eigenvalue weighted by Crippen LogP contribution is -2.49. The summed E-state index contributed by atoms with van der Waals surface area (Å²) in [6.45, 7) is 4.60. The summed E-state index contributed by atoms with van der Waals surface area (Å²) >= 11 is 0. The third-order valence-corrected chi connectivity index (χ3v) is 3.17. The molecule has 96 valence electrons. The van der Waals surface area contributed by atoms with Crippen LogP contribution in [0.5, 0.6) is 0 Å². The van der Waals surface area contributed by atoms with Gasteiger partial charge >= 0.3 is 0 Å². The predicted octanol–water partition coefficient (Wildman–Crippen LogP) is 0.596. The van der Waals surface area contributed by atoms with Crippen LogP contribution in [0, 0.1) is 0 Å². The van der Waals surface area contributed by atoms with Gasteiger partial charge in [-0.15, -0.1) is 0 Å². The van der Waals surface area contributed by atoms with Crippen LogP contribution < -0.4 is 11.1 Å². The lowest BCUT2D eigenvalue weighted by atomic mass is 9.94. The number of aromatic nitrogens is 2. The van der Waals surface area contributed by atoms with Crippen molar-refractivity contribution in [3.8, 4) is 0 Å². The number of carbonyl (C=O) groups is 1. The molecule has 0 radical (unpaired) electrons. The Morgan fingerprint density at radius 1 is 1.53 bits per heavy atom. The maximum Gasteiger partial charge on any atom is 0.224 e. The SMILES string of the molecule is CCC(N)(CC)CNC(=O)Cc1cnn(C)c1. The molecule has 0 atom stereocenters. The van der Waals surface area contributed by atoms with E-state index in [0.29, 0.717) is 13.0 Å². The zero-order valence-corrected chi connectivity index (χ0v) is 10.9. The van der Waals surface area contributed by atoms with Gasteiger partial charge in [-0.1, -0.05) is 13.8 Å². The van der Waals surface area contributed by atoms with Gasteiger partial charge in [0.2, 0.25) is 5.91 Å². The number of nitrogens with zero attached hydrogens (tertiary/aromatic N) is 2. The van der Waals surface area contributed by atoms with Crippen LogP contribution in [0.1, 0.15) is 32.3 Å². The van der Waals surface area contributed by atoms with Crippen molar-refractivity contribution >= 4 is 5.91 Å². The highest BCUT2D eigenvalue weighted by Gasteiger charge is 2.20. The Balaban J connectivity index is 2.40. The molecule has 0 saturated heterocycles. The first-order valence-corrected chi connectivity index (χ1v) is 6.02. The van der Waals surface area contributed by atoms with Crippen molar-refractivity contribution in [3.05, 3.63) is 18.0 Å². The molecule has 0 aromatic carbocycles. The average molecular weight is 238 g/mol. The van der Waals surface area contributed by atoms with Crippen molar-refractivity contribution < 1.29 is 4.79 Å². The van der Waals surface area contributed by atoms with E-state index in [-0.39, 0.29) is 11.4 Å². The number of nitrogens with one attached hydrogen (secondary N) is 1. The molecule has 5 nitrogen and oxygen atoms in total. The van der Waals surface area contributed by atoms with Crippen LogP contribution in [-0.2, 0) is 18.3 Å². The van der Waals surface area contributed by atoms with Gasteiger partial charge in [0.15, 0.2) is 0 Å². The molecule has 0 aliphatic rings. The minimum absolute atomic E-state index is 0.00488. The van der Waals surface area contributed by atoms with Gasteiger partial charge in [0.25, 0.3) is 0 Å². The lowest BCUT2D eigenvalue weighted by Gasteiger charge is -2.26. The van der Waals surface area contributed by atoms with E-state index in [2.05, 4.69) is 10.4 Å². The molecule has 3 N–H and O–H groups in total. The molecule has 1 amide bonds. The fourth-order valence-electron chi connectivity index (χ4n) is 1.59. The molecule has 1 aromatic rings. The number of hydrogen-bond acceptors (Lipinski definition) is 3. The van der Waals surface area contributed by atoms with Crippen LogP contribution in [-0.4, -0.2) is 27.8 Å². The standard InChI is InChI=1S/C12H22N4O/c1-4-12(13,5-2)9-14-11(17)6-10-7-15-16(3)8-10/h7-8H,4-6,9,13H2,1-3H3,(H,14,17). The van der Waals surface area contributed by atoms with E-state index < -0.39 is 0 Å². The first-order chi connectivity index (χ1) is 7.99. The fourth-order valence-corrected chi connectivity index (χ4v) is 1.59. The molecule has 1 rings (SSSR count). The van der Waals surface area contributed by atoms with Gasteiger partial charge in [-0.25, -0.2) is 0 Å². The van der Waals surface area contributed by atoms with Crippen LogP contribution in [0.25, 0.3) is 0 Å². The molecule has 1 heterocycles. The monoisotopic (exact) mass is 238 g/mol. The maximum atomic E-state index is 11.7. The van der Waals surface area contributed by atoms with Crippen LogP contribution in [0.2, 0.25) is 0 Å². The summed E-state index contributed by atoms with van der Waals surface area (Å²) in [6, 6.07) is 0. The summed E-state index contributed by atoms with van der Waals surface area (Å²) in [4.78, 5) is 11.7. The van der Waals surface area contributed by atoms with Gasteiger partial charge in [-0.3, -0.25) is 9.48 Å². The average Bonchev–Trinajstić information content (AvgIpc) is 2.72. The Bertz CT molecular complexity index is 368. The molecule has 0 fully saturated rings. The smallest absolute Gasteiger partial charge is 0.224 e. The Morgan fingerprint density at radius 3 is 2.65 bits per heavy atom. The van der Waals surface area contributed by atoms with Crippen molar-refractivity contribution in [1.82, 2.24) is 15.1 Å². The summed E-state index contributed by atoms with van der Waals surface area (Å²) < 4.78 is 1.69. The minimum Gasteiger partial charge on any atom is -0.354 e. The fraction of sp³-hybridized carbons (Fsp3) is 0.667. The molecule has 0 spiro atoms. The number of carbonyl (C=O) groups excluding carboxylic acids is 1. The second kappa shape index (κ2) is 5.82. The van der Waals surface area contributed by atoms with Crippen molar-refractivity contribution in [2.45, 2.75) is 38.6 Å². The lowest BCUT2D eigenvalue weighted by molar-refractivity contribution is -0.120. The van der Waals surface area contributed by atoms with Gasteiger partial charge in [0.1, 0.15) is 0 Å². The van der Waals surface area contributed by atoms with E-state index >= 15 is 0 Å². The highest BCUT2D eigenvalue weighted by atomic mass is 16.1. The van der Waals surface area contributed by atoms with E-state index in [1.165, 1.54) is 0 Å². The summed E-state index contributed by atoms with van der Waals surface area (Å²) in [5.41, 5.74) is 6.74. The van der Waals surface area contributed by atoms with E-state index in [1.807, 2.05) is 27.1 Å². The quantitative estimate of drug-likeness (QED) is 0.762. The molecule has 1 aromatic heterocycles. The zero-order chi connectivity index (χ0) is 12.9. The number of hydrogen-bond donors (Lipinski definition) is 2. The molecule has 0 aliphatic heterocycles. The Kier molecular flexibility index (Phi) is 4.69. The molecular formula is C12H22N4O. The van der Waals surface area contributed by atoms with E-state index in [4.69, 9.17) is 5.73 Å². The topological polar surface area (TPSA) is 72.9 Å². The molecule has 5 heteroatoms. The number of nitrogens with two attached hydrogens (primary N) is 1. The predicted molar refractivity (Wildman–Crippen MR) is 67.4 cm³/mol. The van der Waals surface area contributed by atoms with Crippen LogP contribution in [0.3, 0.4) is 0 Å². The maximum absolute atomic E-state index is 11.7. The molecule has 0 aliphatic carbocycles. The summed E-state index contributed by atoms with van der Waals surface area (Å²) in [5, 5.41) is 6.90. The third-order valence-electron chi connectivity index (χ3n) is 3.17. The highest BCUT2D eigenvalue weighted by Crippen LogP contribution is 2.09. The van der Waals surface area contributed by atoms with Crippen molar-refractivity contribution in [1.29, 1.82) is 0 Å². The largest absolute Gasteiger partial charge is 0.354 e. The second-order valence-electron chi connectivity index (χ2n) is 4.55. The first kappa shape index (κ1) is 13.7. The van der Waals surface area contributed by atoms with Gasteiger partial charge < -0.3 is 11.1 Å². The van der Waals surface area contributed by atoms with Crippen molar-refractivity contribution in [2.75, 3.05) is 6.54 Å². The third kappa shape index (κ3) is 4.19. The Morgan fingerprint density at radius 2 is 2.18 bits per heavy atom. The van der Waals surface area contributed by atoms with Crippen LogP contribution in [0.15, 0.2) is 12.4 Å². The van der Waals surface area contributed by atoms with E-state index in [0.717, 1.165) is 18.4 Å². The van der Waals surface area contributed by atoms with Crippen LogP contribution >= 0.6 is 0 Å². The summed E-state index contributed by atoms with van der Waals surface area (Å²) in [7, 11) is 1.83. The number of rotatable bonds is 6. The molecule has 17 heavy (non-hydrogen) atoms. The second-order valence-corrected chi connectivity index (χ2v) is 4.55. The van der Waals surface area contributed by atoms with Gasteiger partial charge in [-0.05, 0) is 18.4 Å². The number of aryl methyl sites for hydroxylation is 1. The van der Waals surface area contributed by atoms with Crippen LogP contribution in [0.4, 0.5) is 0 Å². The summed E-state index contributed by atoms with van der Waals surface area (Å²) in [6.07, 6.45) is 5.62. The molecular weight excluding hydrogens is 216 g/mol. The number of amides is 1. The van der Waals surface area contributed by atoms with Gasteiger partial charge in [0.05, 0.1) is 12.6 Å². The van der Waals surface area contributed by atoms with Gasteiger partial charge in [0, 0.05) is 25.3 Å². The normalized spacial score (nSPS) is 11.5. The van der Waals surface area contributed by atoms with E-state index in [9.17, 15) is 4.79 Å². The first-order valence-electron chi connectivity index (χ1n) is 6.02. The zero-order valence-electron chi connectivity index (χ0n) is 10.9.